The van der Waals surface area contributed by atoms with Crippen LogP contribution in [0.5, 0.6) is 11.5 Å². The molecule has 0 radical (unpaired) electrons. The van der Waals surface area contributed by atoms with Gasteiger partial charge in [-0.3, -0.25) is 9.59 Å². The van der Waals surface area contributed by atoms with Crippen molar-refractivity contribution in [2.45, 2.75) is 37.6 Å². The Morgan fingerprint density at radius 2 is 1.67 bits per heavy atom. The van der Waals surface area contributed by atoms with Crippen molar-refractivity contribution in [2.24, 2.45) is 5.73 Å². The molecule has 2 amide bonds. The fourth-order valence-electron chi connectivity index (χ4n) is 2.83. The fourth-order valence-corrected chi connectivity index (χ4v) is 2.83. The molecule has 7 heteroatoms. The number of hydrogen-bond acceptors (Lipinski definition) is 5. The summed E-state index contributed by atoms with van der Waals surface area (Å²) in [4.78, 5) is 24.3. The Kier molecular flexibility index (Phi) is 6.03. The van der Waals surface area contributed by atoms with Gasteiger partial charge in [0.15, 0.2) is 0 Å². The van der Waals surface area contributed by atoms with Gasteiger partial charge in [0.25, 0.3) is 0 Å². The van der Waals surface area contributed by atoms with Gasteiger partial charge in [0.05, 0.1) is 26.3 Å². The average molecular weight is 335 g/mol. The first-order chi connectivity index (χ1) is 11.5. The maximum atomic E-state index is 12.2. The Morgan fingerprint density at radius 1 is 1.08 bits per heavy atom. The maximum absolute atomic E-state index is 12.2. The van der Waals surface area contributed by atoms with Crippen LogP contribution in [0, 0.1) is 0 Å². The lowest BCUT2D eigenvalue weighted by molar-refractivity contribution is -0.129. The third kappa shape index (κ3) is 4.61. The zero-order chi connectivity index (χ0) is 17.6. The Morgan fingerprint density at radius 3 is 2.21 bits per heavy atom. The highest BCUT2D eigenvalue weighted by Gasteiger charge is 2.35. The molecule has 1 aliphatic carbocycles. The lowest BCUT2D eigenvalue weighted by Crippen LogP contribution is -2.56. The van der Waals surface area contributed by atoms with Gasteiger partial charge in [-0.15, -0.1) is 0 Å². The molecule has 1 fully saturated rings. The topological polar surface area (TPSA) is 103 Å². The van der Waals surface area contributed by atoms with E-state index in [1.807, 2.05) is 0 Å². The average Bonchev–Trinajstić information content (AvgIpc) is 2.59. The summed E-state index contributed by atoms with van der Waals surface area (Å²) in [5.74, 6) is 0.534. The van der Waals surface area contributed by atoms with E-state index in [2.05, 4.69) is 10.6 Å². The number of nitrogens with two attached hydrogens (primary N) is 1. The van der Waals surface area contributed by atoms with Gasteiger partial charge in [-0.1, -0.05) is 19.3 Å². The van der Waals surface area contributed by atoms with Crippen molar-refractivity contribution < 1.29 is 19.1 Å². The van der Waals surface area contributed by atoms with Gasteiger partial charge in [-0.2, -0.15) is 0 Å². The van der Waals surface area contributed by atoms with Crippen LogP contribution in [-0.2, 0) is 9.59 Å². The van der Waals surface area contributed by atoms with Crippen LogP contribution in [0.1, 0.15) is 32.1 Å². The molecule has 1 aliphatic rings. The van der Waals surface area contributed by atoms with E-state index in [1.54, 1.807) is 18.2 Å². The summed E-state index contributed by atoms with van der Waals surface area (Å²) < 4.78 is 10.3. The minimum Gasteiger partial charge on any atom is -0.497 e. The molecule has 0 spiro atoms. The normalized spacial score (nSPS) is 16.1. The van der Waals surface area contributed by atoms with Gasteiger partial charge in [0.2, 0.25) is 11.8 Å². The highest BCUT2D eigenvalue weighted by atomic mass is 16.5. The van der Waals surface area contributed by atoms with Gasteiger partial charge in [0, 0.05) is 23.9 Å². The van der Waals surface area contributed by atoms with Crippen LogP contribution in [0.3, 0.4) is 0 Å². The summed E-state index contributed by atoms with van der Waals surface area (Å²) in [6, 6.07) is 5.06. The lowest BCUT2D eigenvalue weighted by atomic mass is 9.82. The zero-order valence-electron chi connectivity index (χ0n) is 14.2. The molecule has 2 rings (SSSR count). The molecule has 0 aromatic heterocycles. The Hall–Kier alpha value is -2.28. The summed E-state index contributed by atoms with van der Waals surface area (Å²) in [6.07, 6.45) is 4.31. The molecule has 0 unspecified atom stereocenters. The molecule has 0 aliphatic heterocycles. The van der Waals surface area contributed by atoms with Gasteiger partial charge in [-0.25, -0.2) is 0 Å². The van der Waals surface area contributed by atoms with Gasteiger partial charge in [0.1, 0.15) is 11.5 Å². The van der Waals surface area contributed by atoms with Gasteiger partial charge in [-0.05, 0) is 12.8 Å². The third-order valence-corrected chi connectivity index (χ3v) is 4.24. The summed E-state index contributed by atoms with van der Waals surface area (Å²) in [5, 5.41) is 5.34. The third-order valence-electron chi connectivity index (χ3n) is 4.24. The molecule has 1 aromatic rings. The van der Waals surface area contributed by atoms with E-state index >= 15 is 0 Å². The Bertz CT molecular complexity index is 575. The van der Waals surface area contributed by atoms with E-state index in [0.717, 1.165) is 19.3 Å². The monoisotopic (exact) mass is 335 g/mol. The molecule has 1 aromatic carbocycles. The van der Waals surface area contributed by atoms with Crippen LogP contribution >= 0.6 is 0 Å². The smallest absolute Gasteiger partial charge is 0.243 e. The molecule has 4 N–H and O–H groups in total. The minimum absolute atomic E-state index is 0.128. The van der Waals surface area contributed by atoms with E-state index in [0.29, 0.717) is 30.0 Å². The van der Waals surface area contributed by atoms with Crippen molar-refractivity contribution >= 4 is 17.5 Å². The number of benzene rings is 1. The van der Waals surface area contributed by atoms with Crippen LogP contribution in [0.25, 0.3) is 0 Å². The highest BCUT2D eigenvalue weighted by molar-refractivity contribution is 5.96. The number of methoxy groups -OCH3 is 2. The number of hydrogen-bond donors (Lipinski definition) is 3. The van der Waals surface area contributed by atoms with Crippen molar-refractivity contribution in [1.29, 1.82) is 0 Å². The van der Waals surface area contributed by atoms with E-state index < -0.39 is 5.54 Å². The van der Waals surface area contributed by atoms with Crippen molar-refractivity contribution in [3.05, 3.63) is 18.2 Å². The number of anilines is 1. The first-order valence-electron chi connectivity index (χ1n) is 8.07. The Labute approximate surface area is 141 Å². The van der Waals surface area contributed by atoms with Crippen molar-refractivity contribution in [2.75, 3.05) is 26.1 Å². The summed E-state index contributed by atoms with van der Waals surface area (Å²) in [5.41, 5.74) is 5.82. The largest absolute Gasteiger partial charge is 0.497 e. The molecule has 24 heavy (non-hydrogen) atoms. The van der Waals surface area contributed by atoms with E-state index in [4.69, 9.17) is 15.2 Å². The van der Waals surface area contributed by atoms with Gasteiger partial charge < -0.3 is 25.8 Å². The predicted octanol–water partition coefficient (Wildman–Crippen LogP) is 1.42. The molecule has 0 saturated heterocycles. The summed E-state index contributed by atoms with van der Waals surface area (Å²) in [7, 11) is 3.07. The molecule has 7 nitrogen and oxygen atoms in total. The first kappa shape index (κ1) is 18.1. The molecular weight excluding hydrogens is 310 g/mol. The lowest BCUT2D eigenvalue weighted by Gasteiger charge is -2.31. The molecule has 0 bridgehead atoms. The van der Waals surface area contributed by atoms with Crippen LogP contribution in [0.15, 0.2) is 18.2 Å². The molecule has 0 atom stereocenters. The van der Waals surface area contributed by atoms with Crippen molar-refractivity contribution in [3.8, 4) is 11.5 Å². The molecular formula is C17H25N3O4. The number of carbonyl (C=O) groups is 2. The zero-order valence-corrected chi connectivity index (χ0v) is 14.2. The number of ether oxygens (including phenoxy) is 2. The van der Waals surface area contributed by atoms with Crippen LogP contribution in [-0.4, -0.2) is 38.1 Å². The standard InChI is InChI=1S/C17H25N3O4/c1-23-13-8-12(9-14(10-13)24-2)20-15(21)11-19-16(22)17(18)6-4-3-5-7-17/h8-10H,3-7,11,18H2,1-2H3,(H,19,22)(H,20,21). The van der Waals surface area contributed by atoms with Gasteiger partial charge >= 0.3 is 0 Å². The van der Waals surface area contributed by atoms with Crippen LogP contribution in [0.4, 0.5) is 5.69 Å². The number of rotatable bonds is 6. The second kappa shape index (κ2) is 8.01. The fraction of sp³-hybridized carbons (Fsp3) is 0.529. The molecule has 1 saturated carbocycles. The van der Waals surface area contributed by atoms with Crippen LogP contribution in [0.2, 0.25) is 0 Å². The first-order valence-corrected chi connectivity index (χ1v) is 8.07. The predicted molar refractivity (Wildman–Crippen MR) is 91.2 cm³/mol. The number of amides is 2. The second-order valence-electron chi connectivity index (χ2n) is 6.05. The summed E-state index contributed by atoms with van der Waals surface area (Å²) in [6.45, 7) is -0.128. The van der Waals surface area contributed by atoms with Crippen molar-refractivity contribution in [3.63, 3.8) is 0 Å². The minimum atomic E-state index is -0.849. The molecule has 132 valence electrons. The highest BCUT2D eigenvalue weighted by Crippen LogP contribution is 2.26. The van der Waals surface area contributed by atoms with E-state index in [9.17, 15) is 9.59 Å². The molecule has 0 heterocycles. The summed E-state index contributed by atoms with van der Waals surface area (Å²) >= 11 is 0. The van der Waals surface area contributed by atoms with E-state index in [-0.39, 0.29) is 18.4 Å². The number of nitrogens with one attached hydrogen (secondary N) is 2. The maximum Gasteiger partial charge on any atom is 0.243 e. The number of carbonyl (C=O) groups excluding carboxylic acids is 2. The second-order valence-corrected chi connectivity index (χ2v) is 6.05. The Balaban J connectivity index is 1.90. The van der Waals surface area contributed by atoms with E-state index in [1.165, 1.54) is 14.2 Å². The quantitative estimate of drug-likeness (QED) is 0.729. The SMILES string of the molecule is COc1cc(NC(=O)CNC(=O)C2(N)CCCCC2)cc(OC)c1. The van der Waals surface area contributed by atoms with Crippen molar-refractivity contribution in [1.82, 2.24) is 5.32 Å². The van der Waals surface area contributed by atoms with Crippen LogP contribution < -0.4 is 25.8 Å².